The minimum Gasteiger partial charge on any atom is -0.506 e. The van der Waals surface area contributed by atoms with Gasteiger partial charge < -0.3 is 54.2 Å². The van der Waals surface area contributed by atoms with E-state index in [2.05, 4.69) is 25.6 Å². The molecular formula is C42H49N7O14S. The summed E-state index contributed by atoms with van der Waals surface area (Å²) in [6, 6.07) is 14.0. The van der Waals surface area contributed by atoms with Crippen LogP contribution in [-0.2, 0) is 39.7 Å². The summed E-state index contributed by atoms with van der Waals surface area (Å²) < 4.78 is 35.5. The molecule has 342 valence electrons. The molecular weight excluding hydrogens is 859 g/mol. The molecule has 4 atom stereocenters. The molecule has 0 radical (unpaired) electrons. The molecule has 2 aliphatic rings. The third-order valence-corrected chi connectivity index (χ3v) is 10.6. The van der Waals surface area contributed by atoms with Crippen molar-refractivity contribution in [2.45, 2.75) is 44.2 Å². The molecule has 21 nitrogen and oxygen atoms in total. The van der Waals surface area contributed by atoms with Crippen molar-refractivity contribution in [3.63, 3.8) is 0 Å². The van der Waals surface area contributed by atoms with E-state index in [0.717, 1.165) is 22.4 Å². The molecule has 6 N–H and O–H groups in total. The predicted molar refractivity (Wildman–Crippen MR) is 230 cm³/mol. The number of aromatic hydroxyl groups is 1. The fraction of sp³-hybridized carbons (Fsp3) is 0.405. The van der Waals surface area contributed by atoms with Crippen LogP contribution in [0.15, 0.2) is 97.8 Å². The molecule has 1 fully saturated rings. The lowest BCUT2D eigenvalue weighted by Gasteiger charge is -2.21. The van der Waals surface area contributed by atoms with Gasteiger partial charge in [-0.25, -0.2) is 19.3 Å². The number of aliphatic imine (C=N–C) groups is 1. The number of thioether (sulfide) groups is 1. The van der Waals surface area contributed by atoms with E-state index in [1.165, 1.54) is 23.1 Å². The van der Waals surface area contributed by atoms with Gasteiger partial charge in [-0.15, -0.1) is 5.10 Å². The number of nitrogens with zero attached hydrogens (tertiary/aromatic N) is 5. The number of phenolic OH excluding ortho intramolecular Hbond substituents is 1. The number of amides is 1. The van der Waals surface area contributed by atoms with Crippen molar-refractivity contribution in [3.05, 3.63) is 115 Å². The van der Waals surface area contributed by atoms with Gasteiger partial charge in [-0.3, -0.25) is 19.1 Å². The molecule has 1 saturated heterocycles. The van der Waals surface area contributed by atoms with Gasteiger partial charge in [-0.1, -0.05) is 41.2 Å². The quantitative estimate of drug-likeness (QED) is 0.0456. The average molecular weight is 908 g/mol. The minimum atomic E-state index is -1.25. The maximum absolute atomic E-state index is 12.7. The molecule has 0 bridgehead atoms. The number of hydrogen-bond acceptors (Lipinski definition) is 18. The normalized spacial score (nSPS) is 19.7. The zero-order valence-corrected chi connectivity index (χ0v) is 35.6. The third kappa shape index (κ3) is 12.7. The average Bonchev–Trinajstić information content (AvgIpc) is 3.97. The van der Waals surface area contributed by atoms with E-state index in [1.54, 1.807) is 37.3 Å². The van der Waals surface area contributed by atoms with Gasteiger partial charge in [0, 0.05) is 37.8 Å². The summed E-state index contributed by atoms with van der Waals surface area (Å²) in [5.41, 5.74) is 0.232. The number of benzene rings is 2. The Morgan fingerprint density at radius 1 is 1.00 bits per heavy atom. The fourth-order valence-corrected chi connectivity index (χ4v) is 7.49. The van der Waals surface area contributed by atoms with Crippen LogP contribution in [0.5, 0.6) is 11.5 Å². The second kappa shape index (κ2) is 23.5. The number of hydrogen-bond donors (Lipinski definition) is 6. The number of phenols is 1. The van der Waals surface area contributed by atoms with Crippen LogP contribution in [0.25, 0.3) is 6.08 Å². The number of H-pyrrole nitrogens is 1. The molecule has 2 aromatic heterocycles. The van der Waals surface area contributed by atoms with E-state index in [9.17, 15) is 39.6 Å². The largest absolute Gasteiger partial charge is 0.506 e. The highest BCUT2D eigenvalue weighted by atomic mass is 32.2. The Balaban J connectivity index is 0.816. The van der Waals surface area contributed by atoms with Crippen molar-refractivity contribution in [2.75, 3.05) is 66.0 Å². The van der Waals surface area contributed by atoms with Crippen LogP contribution < -0.4 is 21.3 Å². The number of aryl methyl sites for hydroxylation is 1. The number of nitrogens with one attached hydrogen (secondary N) is 2. The van der Waals surface area contributed by atoms with Crippen molar-refractivity contribution < 1.29 is 58.4 Å². The predicted octanol–water partition coefficient (Wildman–Crippen LogP) is 1.70. The molecule has 2 aromatic carbocycles. The van der Waals surface area contributed by atoms with Gasteiger partial charge in [0.25, 0.3) is 5.56 Å². The van der Waals surface area contributed by atoms with Crippen molar-refractivity contribution in [1.29, 1.82) is 0 Å². The Bertz CT molecular complexity index is 2420. The lowest BCUT2D eigenvalue weighted by Crippen LogP contribution is -2.36. The first-order valence-electron chi connectivity index (χ1n) is 20.3. The van der Waals surface area contributed by atoms with Crippen LogP contribution in [0.4, 0.5) is 5.69 Å². The van der Waals surface area contributed by atoms with Crippen molar-refractivity contribution in [1.82, 2.24) is 29.9 Å². The number of aliphatic hydroxyl groups is 3. The van der Waals surface area contributed by atoms with Crippen LogP contribution in [0.1, 0.15) is 36.9 Å². The van der Waals surface area contributed by atoms with E-state index in [-0.39, 0.29) is 74.6 Å². The van der Waals surface area contributed by atoms with Crippen molar-refractivity contribution in [3.8, 4) is 11.5 Å². The number of esters is 1. The summed E-state index contributed by atoms with van der Waals surface area (Å²) in [7, 11) is 0. The summed E-state index contributed by atoms with van der Waals surface area (Å²) >= 11 is 1.12. The number of ether oxygens (including phenoxy) is 6. The van der Waals surface area contributed by atoms with Gasteiger partial charge in [0.1, 0.15) is 41.2 Å². The lowest BCUT2D eigenvalue weighted by molar-refractivity contribution is -0.138. The number of rotatable bonds is 23. The highest BCUT2D eigenvalue weighted by Crippen LogP contribution is 2.41. The Labute approximate surface area is 369 Å². The summed E-state index contributed by atoms with van der Waals surface area (Å²) in [5, 5.41) is 53.2. The molecule has 4 heterocycles. The standard InChI is InChI=1S/C42H49N7O14S/c1-2-61-41(56)35-38(55)32(64-39(35)44-27-6-4-3-5-7-27)23-26-8-10-30(29(51)22-26)62-21-20-60-19-18-59-17-16-58-15-13-43-33(52)11-9-28-24-49(47-46-28)36-37(54)31(25-50)63-40(36)48-14-12-34(53)45-42(48)57/h3-8,10,12,14,22-24,31,36-37,40,50-51,54-55H,2,9,11,13,15-21,25H2,1H3,(H,43,52)(H,45,53,57)/b32-23-,44-39?/t31-,36+,37?,40-/m1/s1. The Morgan fingerprint density at radius 3 is 2.44 bits per heavy atom. The molecule has 64 heavy (non-hydrogen) atoms. The van der Waals surface area contributed by atoms with E-state index >= 15 is 0 Å². The van der Waals surface area contributed by atoms with Gasteiger partial charge in [0.15, 0.2) is 17.7 Å². The van der Waals surface area contributed by atoms with Gasteiger partial charge in [0.05, 0.1) is 69.1 Å². The zero-order chi connectivity index (χ0) is 45.4. The maximum atomic E-state index is 12.7. The Morgan fingerprint density at radius 2 is 1.73 bits per heavy atom. The summed E-state index contributed by atoms with van der Waals surface area (Å²) in [6.07, 6.45) is 1.36. The van der Waals surface area contributed by atoms with E-state index < -0.39 is 48.3 Å². The molecule has 1 amide bonds. The van der Waals surface area contributed by atoms with E-state index in [4.69, 9.17) is 28.4 Å². The maximum Gasteiger partial charge on any atom is 0.344 e. The third-order valence-electron chi connectivity index (χ3n) is 9.55. The van der Waals surface area contributed by atoms with Crippen molar-refractivity contribution in [2.24, 2.45) is 4.99 Å². The van der Waals surface area contributed by atoms with Crippen LogP contribution in [0.2, 0.25) is 0 Å². The summed E-state index contributed by atoms with van der Waals surface area (Å²) in [6.45, 7) is 3.47. The summed E-state index contributed by atoms with van der Waals surface area (Å²) in [5.74, 6) is -1.06. The second-order valence-corrected chi connectivity index (χ2v) is 15.0. The lowest BCUT2D eigenvalue weighted by atomic mass is 10.1. The zero-order valence-electron chi connectivity index (χ0n) is 34.7. The van der Waals surface area contributed by atoms with Crippen LogP contribution in [0.3, 0.4) is 0 Å². The van der Waals surface area contributed by atoms with E-state index in [0.29, 0.717) is 53.3 Å². The number of aliphatic hydroxyl groups excluding tert-OH is 3. The van der Waals surface area contributed by atoms with Crippen LogP contribution in [-0.4, -0.2) is 140 Å². The molecule has 0 saturated carbocycles. The molecule has 6 rings (SSSR count). The second-order valence-electron chi connectivity index (χ2n) is 14.0. The SMILES string of the molecule is CCOC(=O)C1=C(O)/C(=C/c2ccc(OCCOCCOCCOCCNC(=O)CCc3cn([C@H]4C(O)[C@@H](CO)O[C@H]4n4ccc(=O)[nH]c4=O)nn3)c(O)c2)SC1=Nc1ccccc1. The fourth-order valence-electron chi connectivity index (χ4n) is 6.45. The van der Waals surface area contributed by atoms with Crippen LogP contribution >= 0.6 is 11.8 Å². The van der Waals surface area contributed by atoms with Gasteiger partial charge in [0.2, 0.25) is 5.91 Å². The number of para-hydroxylation sites is 1. The number of carbonyl (C=O) groups is 2. The smallest absolute Gasteiger partial charge is 0.344 e. The first kappa shape index (κ1) is 47.3. The van der Waals surface area contributed by atoms with Gasteiger partial charge >= 0.3 is 11.7 Å². The number of aromatic nitrogens is 5. The van der Waals surface area contributed by atoms with E-state index in [1.807, 2.05) is 18.2 Å². The minimum absolute atomic E-state index is 0.0258. The first-order valence-corrected chi connectivity index (χ1v) is 21.1. The number of aromatic amines is 1. The highest BCUT2D eigenvalue weighted by molar-refractivity contribution is 8.18. The number of carbonyl (C=O) groups excluding carboxylic acids is 2. The van der Waals surface area contributed by atoms with Crippen LogP contribution in [0, 0.1) is 0 Å². The summed E-state index contributed by atoms with van der Waals surface area (Å²) in [4.78, 5) is 56.0. The molecule has 1 unspecified atom stereocenters. The molecule has 4 aromatic rings. The monoisotopic (exact) mass is 907 g/mol. The van der Waals surface area contributed by atoms with Crippen molar-refractivity contribution >= 4 is 40.4 Å². The van der Waals surface area contributed by atoms with Gasteiger partial charge in [-0.2, -0.15) is 0 Å². The Hall–Kier alpha value is -6.14. The highest BCUT2D eigenvalue weighted by Gasteiger charge is 2.46. The molecule has 0 aliphatic carbocycles. The molecule has 2 aliphatic heterocycles. The topological polar surface area (TPSA) is 280 Å². The first-order chi connectivity index (χ1) is 31.1. The van der Waals surface area contributed by atoms with Gasteiger partial charge in [-0.05, 0) is 42.8 Å². The molecule has 0 spiro atoms. The molecule has 22 heteroatoms. The Kier molecular flexibility index (Phi) is 17.4.